The molecule has 2 fully saturated rings. The van der Waals surface area contributed by atoms with Gasteiger partial charge < -0.3 is 19.3 Å². The van der Waals surface area contributed by atoms with E-state index in [0.29, 0.717) is 11.7 Å². The second kappa shape index (κ2) is 9.40. The average molecular weight is 439 g/mol. The maximum absolute atomic E-state index is 14.4. The largest absolute Gasteiger partial charge is 0.494 e. The van der Waals surface area contributed by atoms with E-state index < -0.39 is 0 Å². The molecule has 5 heteroatoms. The fourth-order valence-electron chi connectivity index (χ4n) is 5.55. The molecule has 1 saturated heterocycles. The van der Waals surface area contributed by atoms with Gasteiger partial charge in [-0.3, -0.25) is 0 Å². The molecule has 0 aromatic heterocycles. The third-order valence-electron chi connectivity index (χ3n) is 7.73. The van der Waals surface area contributed by atoms with Crippen LogP contribution in [0.2, 0.25) is 0 Å². The van der Waals surface area contributed by atoms with Crippen molar-refractivity contribution in [1.82, 2.24) is 9.80 Å². The van der Waals surface area contributed by atoms with Gasteiger partial charge in [0.05, 0.1) is 13.7 Å². The van der Waals surface area contributed by atoms with Crippen molar-refractivity contribution in [2.45, 2.75) is 50.6 Å². The van der Waals surface area contributed by atoms with Gasteiger partial charge in [0.1, 0.15) is 5.75 Å². The van der Waals surface area contributed by atoms with Crippen molar-refractivity contribution in [2.75, 3.05) is 40.4 Å². The maximum Gasteiger partial charge on any atom is 0.165 e. The highest BCUT2D eigenvalue weighted by atomic mass is 19.1. The lowest BCUT2D eigenvalue weighted by molar-refractivity contribution is 0.0708. The van der Waals surface area contributed by atoms with E-state index in [2.05, 4.69) is 35.0 Å². The first-order valence-corrected chi connectivity index (χ1v) is 12.1. The van der Waals surface area contributed by atoms with E-state index >= 15 is 0 Å². The number of likely N-dealkylation sites (tertiary alicyclic amines) is 1. The second-order valence-electron chi connectivity index (χ2n) is 9.88. The first-order chi connectivity index (χ1) is 15.6. The lowest BCUT2D eigenvalue weighted by Crippen LogP contribution is -2.45. The van der Waals surface area contributed by atoms with E-state index in [9.17, 15) is 4.39 Å². The Kier molecular flexibility index (Phi) is 6.38. The van der Waals surface area contributed by atoms with Gasteiger partial charge in [0, 0.05) is 25.0 Å². The Balaban J connectivity index is 1.24. The van der Waals surface area contributed by atoms with Crippen LogP contribution in [0.25, 0.3) is 0 Å². The van der Waals surface area contributed by atoms with Crippen LogP contribution in [-0.2, 0) is 6.54 Å². The Hall–Kier alpha value is -2.11. The smallest absolute Gasteiger partial charge is 0.165 e. The summed E-state index contributed by atoms with van der Waals surface area (Å²) in [5, 5.41) is 0. The van der Waals surface area contributed by atoms with Crippen molar-refractivity contribution in [1.29, 1.82) is 0 Å². The molecule has 1 atom stereocenters. The zero-order chi connectivity index (χ0) is 22.1. The van der Waals surface area contributed by atoms with Gasteiger partial charge in [-0.25, -0.2) is 4.39 Å². The number of likely N-dealkylation sites (N-methyl/N-ethyl adjacent to an activating group) is 1. The Labute approximate surface area is 191 Å². The van der Waals surface area contributed by atoms with Gasteiger partial charge in [-0.2, -0.15) is 0 Å². The van der Waals surface area contributed by atoms with Crippen molar-refractivity contribution >= 4 is 0 Å². The summed E-state index contributed by atoms with van der Waals surface area (Å²) < 4.78 is 25.7. The Bertz CT molecular complexity index is 937. The van der Waals surface area contributed by atoms with Crippen LogP contribution in [0.4, 0.5) is 4.39 Å². The molecule has 0 spiro atoms. The van der Waals surface area contributed by atoms with Gasteiger partial charge in [-0.15, -0.1) is 0 Å². The standard InChI is InChI=1S/C27H35FN2O2/c1-29-16-21-14-23(32-18-19-10-12-30(13-11-19)22-4-3-5-22)7-8-24(21)25(17-29)20-6-9-27(31-2)26(28)15-20/h6-9,14-15,19,22,25H,3-5,10-13,16-18H2,1-2H3. The number of rotatable bonds is 6. The quantitative estimate of drug-likeness (QED) is 0.630. The molecule has 1 saturated carbocycles. The van der Waals surface area contributed by atoms with Crippen LogP contribution >= 0.6 is 0 Å². The highest BCUT2D eigenvalue weighted by molar-refractivity contribution is 5.45. The summed E-state index contributed by atoms with van der Waals surface area (Å²) >= 11 is 0. The van der Waals surface area contributed by atoms with E-state index in [0.717, 1.165) is 37.1 Å². The molecule has 2 heterocycles. The highest BCUT2D eigenvalue weighted by Crippen LogP contribution is 2.36. The molecule has 2 aromatic carbocycles. The number of hydrogen-bond acceptors (Lipinski definition) is 4. The summed E-state index contributed by atoms with van der Waals surface area (Å²) in [7, 11) is 3.63. The molecule has 5 rings (SSSR count). The molecule has 2 aromatic rings. The Morgan fingerprint density at radius 2 is 1.84 bits per heavy atom. The predicted octanol–water partition coefficient (Wildman–Crippen LogP) is 5.05. The Morgan fingerprint density at radius 1 is 1.03 bits per heavy atom. The van der Waals surface area contributed by atoms with E-state index in [-0.39, 0.29) is 11.7 Å². The molecule has 32 heavy (non-hydrogen) atoms. The van der Waals surface area contributed by atoms with Crippen molar-refractivity contribution in [3.8, 4) is 11.5 Å². The molecular weight excluding hydrogens is 403 g/mol. The van der Waals surface area contributed by atoms with Crippen LogP contribution in [-0.4, -0.2) is 56.2 Å². The number of hydrogen-bond donors (Lipinski definition) is 0. The third kappa shape index (κ3) is 4.51. The number of halogens is 1. The zero-order valence-electron chi connectivity index (χ0n) is 19.4. The van der Waals surface area contributed by atoms with Gasteiger partial charge >= 0.3 is 0 Å². The molecule has 0 radical (unpaired) electrons. The molecule has 1 unspecified atom stereocenters. The zero-order valence-corrected chi connectivity index (χ0v) is 19.4. The van der Waals surface area contributed by atoms with Crippen LogP contribution in [0.1, 0.15) is 54.7 Å². The van der Waals surface area contributed by atoms with Gasteiger partial charge in [-0.05, 0) is 92.7 Å². The van der Waals surface area contributed by atoms with Crippen LogP contribution in [0, 0.1) is 11.7 Å². The molecule has 3 aliphatic rings. The fourth-order valence-corrected chi connectivity index (χ4v) is 5.55. The summed E-state index contributed by atoms with van der Waals surface area (Å²) in [4.78, 5) is 4.99. The van der Waals surface area contributed by atoms with Crippen LogP contribution < -0.4 is 9.47 Å². The fraction of sp³-hybridized carbons (Fsp3) is 0.556. The molecule has 0 N–H and O–H groups in total. The minimum atomic E-state index is -0.303. The summed E-state index contributed by atoms with van der Waals surface area (Å²) in [5.41, 5.74) is 3.54. The molecule has 172 valence electrons. The molecular formula is C27H35FN2O2. The summed E-state index contributed by atoms with van der Waals surface area (Å²) in [6.07, 6.45) is 6.70. The topological polar surface area (TPSA) is 24.9 Å². The third-order valence-corrected chi connectivity index (χ3v) is 7.73. The lowest BCUT2D eigenvalue weighted by atomic mass is 9.84. The molecule has 1 aliphatic carbocycles. The maximum atomic E-state index is 14.4. The van der Waals surface area contributed by atoms with E-state index in [1.807, 2.05) is 6.07 Å². The number of fused-ring (bicyclic) bond motifs is 1. The van der Waals surface area contributed by atoms with Gasteiger partial charge in [-0.1, -0.05) is 18.6 Å². The normalized spacial score (nSPS) is 22.9. The molecule has 0 amide bonds. The van der Waals surface area contributed by atoms with Gasteiger partial charge in [0.15, 0.2) is 11.6 Å². The number of methoxy groups -OCH3 is 1. The summed E-state index contributed by atoms with van der Waals surface area (Å²) in [6, 6.07) is 12.7. The average Bonchev–Trinajstić information content (AvgIpc) is 2.76. The number of nitrogens with zero attached hydrogens (tertiary/aromatic N) is 2. The lowest BCUT2D eigenvalue weighted by Gasteiger charge is -2.41. The van der Waals surface area contributed by atoms with Crippen molar-refractivity contribution in [3.05, 3.63) is 58.9 Å². The van der Waals surface area contributed by atoms with Gasteiger partial charge in [0.25, 0.3) is 0 Å². The number of benzene rings is 2. The minimum absolute atomic E-state index is 0.147. The van der Waals surface area contributed by atoms with E-state index in [1.54, 1.807) is 12.1 Å². The number of piperidine rings is 1. The van der Waals surface area contributed by atoms with Crippen molar-refractivity contribution in [3.63, 3.8) is 0 Å². The predicted molar refractivity (Wildman–Crippen MR) is 125 cm³/mol. The van der Waals surface area contributed by atoms with E-state index in [1.165, 1.54) is 63.4 Å². The summed E-state index contributed by atoms with van der Waals surface area (Å²) in [5.74, 6) is 1.75. The Morgan fingerprint density at radius 3 is 2.53 bits per heavy atom. The monoisotopic (exact) mass is 438 g/mol. The number of ether oxygens (including phenoxy) is 2. The van der Waals surface area contributed by atoms with Crippen molar-refractivity contribution in [2.24, 2.45) is 5.92 Å². The van der Waals surface area contributed by atoms with Crippen molar-refractivity contribution < 1.29 is 13.9 Å². The van der Waals surface area contributed by atoms with Crippen LogP contribution in [0.3, 0.4) is 0 Å². The van der Waals surface area contributed by atoms with E-state index in [4.69, 9.17) is 9.47 Å². The minimum Gasteiger partial charge on any atom is -0.494 e. The first kappa shape index (κ1) is 21.7. The molecule has 4 nitrogen and oxygen atoms in total. The van der Waals surface area contributed by atoms with Crippen LogP contribution in [0.15, 0.2) is 36.4 Å². The van der Waals surface area contributed by atoms with Gasteiger partial charge in [0.2, 0.25) is 0 Å². The first-order valence-electron chi connectivity index (χ1n) is 12.1. The SMILES string of the molecule is COc1ccc(C2CN(C)Cc3cc(OCC4CCN(C5CCC5)CC4)ccc32)cc1F. The van der Waals surface area contributed by atoms with Crippen LogP contribution in [0.5, 0.6) is 11.5 Å². The molecule has 0 bridgehead atoms. The summed E-state index contributed by atoms with van der Waals surface area (Å²) in [6.45, 7) is 5.03. The highest BCUT2D eigenvalue weighted by Gasteiger charge is 2.29. The second-order valence-corrected chi connectivity index (χ2v) is 9.88. The molecule has 2 aliphatic heterocycles.